The summed E-state index contributed by atoms with van der Waals surface area (Å²) in [7, 11) is 0. The van der Waals surface area contributed by atoms with Crippen LogP contribution in [0.3, 0.4) is 0 Å². The average Bonchev–Trinajstić information content (AvgIpc) is 2.63. The van der Waals surface area contributed by atoms with Gasteiger partial charge in [-0.1, -0.05) is 29.8 Å². The van der Waals surface area contributed by atoms with Crippen LogP contribution < -0.4 is 10.6 Å². The molecule has 1 heterocycles. The van der Waals surface area contributed by atoms with E-state index in [1.54, 1.807) is 37.3 Å². The fourth-order valence-corrected chi connectivity index (χ4v) is 2.79. The van der Waals surface area contributed by atoms with E-state index in [0.717, 1.165) is 11.3 Å². The van der Waals surface area contributed by atoms with E-state index in [-0.39, 0.29) is 18.1 Å². The SMILES string of the molecule is Cc1nc(Nc2ccc(Cl)cc2C)cc(C(=O)NCc2ccccc2F)n1. The number of nitrogens with zero attached hydrogens (tertiary/aromatic N) is 2. The molecular formula is C20H18ClFN4O. The van der Waals surface area contributed by atoms with E-state index in [1.807, 2.05) is 19.1 Å². The number of hydrogen-bond acceptors (Lipinski definition) is 4. The summed E-state index contributed by atoms with van der Waals surface area (Å²) in [6.45, 7) is 3.70. The fraction of sp³-hybridized carbons (Fsp3) is 0.150. The second kappa shape index (κ2) is 8.14. The van der Waals surface area contributed by atoms with Crippen LogP contribution in [0.15, 0.2) is 48.5 Å². The van der Waals surface area contributed by atoms with Crippen molar-refractivity contribution in [1.29, 1.82) is 0 Å². The number of aryl methyl sites for hydroxylation is 2. The summed E-state index contributed by atoms with van der Waals surface area (Å²) in [4.78, 5) is 20.9. The molecule has 0 spiro atoms. The van der Waals surface area contributed by atoms with Crippen LogP contribution in [0.1, 0.15) is 27.4 Å². The number of rotatable bonds is 5. The first-order valence-corrected chi connectivity index (χ1v) is 8.70. The lowest BCUT2D eigenvalue weighted by Gasteiger charge is -2.11. The molecule has 3 rings (SSSR count). The van der Waals surface area contributed by atoms with Gasteiger partial charge in [-0.3, -0.25) is 4.79 Å². The maximum absolute atomic E-state index is 13.7. The molecule has 0 aliphatic rings. The molecule has 3 aromatic rings. The van der Waals surface area contributed by atoms with Gasteiger partial charge >= 0.3 is 0 Å². The Labute approximate surface area is 161 Å². The van der Waals surface area contributed by atoms with Crippen molar-refractivity contribution in [2.24, 2.45) is 0 Å². The van der Waals surface area contributed by atoms with Crippen molar-refractivity contribution < 1.29 is 9.18 Å². The summed E-state index contributed by atoms with van der Waals surface area (Å²) in [6.07, 6.45) is 0. The molecule has 0 atom stereocenters. The fourth-order valence-electron chi connectivity index (χ4n) is 2.56. The Bertz CT molecular complexity index is 993. The Hall–Kier alpha value is -2.99. The van der Waals surface area contributed by atoms with Crippen LogP contribution in [-0.4, -0.2) is 15.9 Å². The van der Waals surface area contributed by atoms with Crippen molar-refractivity contribution in [1.82, 2.24) is 15.3 Å². The van der Waals surface area contributed by atoms with E-state index in [9.17, 15) is 9.18 Å². The summed E-state index contributed by atoms with van der Waals surface area (Å²) >= 11 is 5.98. The maximum Gasteiger partial charge on any atom is 0.270 e. The number of carbonyl (C=O) groups is 1. The Morgan fingerprint density at radius 2 is 1.89 bits per heavy atom. The van der Waals surface area contributed by atoms with Crippen molar-refractivity contribution in [3.05, 3.63) is 82.0 Å². The first-order chi connectivity index (χ1) is 12.9. The molecule has 0 aliphatic heterocycles. The van der Waals surface area contributed by atoms with Crippen molar-refractivity contribution in [2.75, 3.05) is 5.32 Å². The van der Waals surface area contributed by atoms with Gasteiger partial charge in [0, 0.05) is 28.9 Å². The van der Waals surface area contributed by atoms with Crippen molar-refractivity contribution >= 4 is 29.0 Å². The average molecular weight is 385 g/mol. The quantitative estimate of drug-likeness (QED) is 0.676. The predicted molar refractivity (Wildman–Crippen MR) is 104 cm³/mol. The lowest BCUT2D eigenvalue weighted by atomic mass is 10.2. The zero-order chi connectivity index (χ0) is 19.4. The molecule has 2 N–H and O–H groups in total. The zero-order valence-electron chi connectivity index (χ0n) is 14.9. The molecule has 138 valence electrons. The molecule has 7 heteroatoms. The largest absolute Gasteiger partial charge is 0.347 e. The van der Waals surface area contributed by atoms with E-state index in [0.29, 0.717) is 22.2 Å². The van der Waals surface area contributed by atoms with E-state index < -0.39 is 5.91 Å². The van der Waals surface area contributed by atoms with Gasteiger partial charge < -0.3 is 10.6 Å². The third-order valence-electron chi connectivity index (χ3n) is 3.92. The Morgan fingerprint density at radius 3 is 2.63 bits per heavy atom. The van der Waals surface area contributed by atoms with Crippen LogP contribution in [0.25, 0.3) is 0 Å². The Kier molecular flexibility index (Phi) is 5.66. The minimum absolute atomic E-state index is 0.0770. The second-order valence-corrected chi connectivity index (χ2v) is 6.48. The lowest BCUT2D eigenvalue weighted by molar-refractivity contribution is 0.0945. The van der Waals surface area contributed by atoms with Crippen LogP contribution in [0.2, 0.25) is 5.02 Å². The standard InChI is InChI=1S/C20H18ClFN4O/c1-12-9-15(21)7-8-17(12)26-19-10-18(24-13(2)25-19)20(27)23-11-14-5-3-4-6-16(14)22/h3-10H,11H2,1-2H3,(H,23,27)(H,24,25,26). The summed E-state index contributed by atoms with van der Waals surface area (Å²) < 4.78 is 13.7. The predicted octanol–water partition coefficient (Wildman–Crippen LogP) is 4.56. The van der Waals surface area contributed by atoms with E-state index in [1.165, 1.54) is 6.07 Å². The number of hydrogen-bond donors (Lipinski definition) is 2. The minimum Gasteiger partial charge on any atom is -0.347 e. The molecule has 0 fully saturated rings. The van der Waals surface area contributed by atoms with Gasteiger partial charge in [-0.2, -0.15) is 0 Å². The molecule has 0 saturated carbocycles. The highest BCUT2D eigenvalue weighted by molar-refractivity contribution is 6.30. The number of carbonyl (C=O) groups excluding carboxylic acids is 1. The molecule has 1 amide bonds. The van der Waals surface area contributed by atoms with Crippen LogP contribution in [0.5, 0.6) is 0 Å². The summed E-state index contributed by atoms with van der Waals surface area (Å²) in [5.74, 6) is 0.170. The van der Waals surface area contributed by atoms with Gasteiger partial charge in [-0.05, 0) is 43.7 Å². The number of anilines is 2. The maximum atomic E-state index is 13.7. The van der Waals surface area contributed by atoms with Crippen molar-refractivity contribution in [2.45, 2.75) is 20.4 Å². The topological polar surface area (TPSA) is 66.9 Å². The van der Waals surface area contributed by atoms with Crippen LogP contribution in [-0.2, 0) is 6.54 Å². The van der Waals surface area contributed by atoms with Crippen LogP contribution in [0.4, 0.5) is 15.9 Å². The van der Waals surface area contributed by atoms with Gasteiger partial charge in [0.05, 0.1) is 0 Å². The first-order valence-electron chi connectivity index (χ1n) is 8.33. The van der Waals surface area contributed by atoms with Gasteiger partial charge in [0.25, 0.3) is 5.91 Å². The molecule has 27 heavy (non-hydrogen) atoms. The lowest BCUT2D eigenvalue weighted by Crippen LogP contribution is -2.25. The van der Waals surface area contributed by atoms with E-state index in [2.05, 4.69) is 20.6 Å². The summed E-state index contributed by atoms with van der Waals surface area (Å²) in [5, 5.41) is 6.49. The smallest absolute Gasteiger partial charge is 0.270 e. The molecule has 0 aliphatic carbocycles. The first kappa shape index (κ1) is 18.8. The Balaban J connectivity index is 1.76. The number of amides is 1. The molecule has 0 saturated heterocycles. The highest BCUT2D eigenvalue weighted by atomic mass is 35.5. The molecular weight excluding hydrogens is 367 g/mol. The van der Waals surface area contributed by atoms with E-state index in [4.69, 9.17) is 11.6 Å². The summed E-state index contributed by atoms with van der Waals surface area (Å²) in [6, 6.07) is 13.3. The summed E-state index contributed by atoms with van der Waals surface area (Å²) in [5.41, 5.74) is 2.39. The van der Waals surface area contributed by atoms with Crippen molar-refractivity contribution in [3.63, 3.8) is 0 Å². The molecule has 2 aromatic carbocycles. The van der Waals surface area contributed by atoms with Gasteiger partial charge in [-0.15, -0.1) is 0 Å². The monoisotopic (exact) mass is 384 g/mol. The number of halogens is 2. The molecule has 0 unspecified atom stereocenters. The van der Waals surface area contributed by atoms with Gasteiger partial charge in [0.2, 0.25) is 0 Å². The molecule has 5 nitrogen and oxygen atoms in total. The number of aromatic nitrogens is 2. The Morgan fingerprint density at radius 1 is 1.11 bits per heavy atom. The van der Waals surface area contributed by atoms with E-state index >= 15 is 0 Å². The third-order valence-corrected chi connectivity index (χ3v) is 4.15. The van der Waals surface area contributed by atoms with Gasteiger partial charge in [-0.25, -0.2) is 14.4 Å². The van der Waals surface area contributed by atoms with Gasteiger partial charge in [0.15, 0.2) is 0 Å². The molecule has 0 bridgehead atoms. The second-order valence-electron chi connectivity index (χ2n) is 6.04. The van der Waals surface area contributed by atoms with Crippen LogP contribution in [0, 0.1) is 19.7 Å². The molecule has 0 radical (unpaired) electrons. The minimum atomic E-state index is -0.403. The highest BCUT2D eigenvalue weighted by Crippen LogP contribution is 2.23. The van der Waals surface area contributed by atoms with Gasteiger partial charge in [0.1, 0.15) is 23.2 Å². The molecule has 1 aromatic heterocycles. The zero-order valence-corrected chi connectivity index (χ0v) is 15.6. The third kappa shape index (κ3) is 4.80. The van der Waals surface area contributed by atoms with Crippen LogP contribution >= 0.6 is 11.6 Å². The number of nitrogens with one attached hydrogen (secondary N) is 2. The normalized spacial score (nSPS) is 10.5. The highest BCUT2D eigenvalue weighted by Gasteiger charge is 2.12. The number of benzene rings is 2. The van der Waals surface area contributed by atoms with Crippen molar-refractivity contribution in [3.8, 4) is 0 Å².